The molecule has 0 aliphatic heterocycles. The van der Waals surface area contributed by atoms with E-state index in [0.717, 1.165) is 11.1 Å². The average Bonchev–Trinajstić information content (AvgIpc) is 3.10. The fourth-order valence-electron chi connectivity index (χ4n) is 2.61. The number of aromatic nitrogens is 2. The van der Waals surface area contributed by atoms with Crippen molar-refractivity contribution in [1.29, 1.82) is 0 Å². The minimum absolute atomic E-state index is 0.0617. The lowest BCUT2D eigenvalue weighted by Gasteiger charge is -2.08. The van der Waals surface area contributed by atoms with Crippen LogP contribution in [0.3, 0.4) is 0 Å². The number of halogens is 1. The number of hydrogen-bond acceptors (Lipinski definition) is 6. The number of carbonyl (C=O) groups excluding carboxylic acids is 1. The Morgan fingerprint density at radius 2 is 1.86 bits per heavy atom. The first-order chi connectivity index (χ1) is 13.7. The first kappa shape index (κ1) is 21.0. The van der Waals surface area contributed by atoms with Crippen molar-refractivity contribution in [3.05, 3.63) is 70.3 Å². The summed E-state index contributed by atoms with van der Waals surface area (Å²) < 4.78 is 30.0. The Bertz CT molecular complexity index is 1120. The third kappa shape index (κ3) is 5.65. The van der Waals surface area contributed by atoms with Crippen LogP contribution < -0.4 is 5.32 Å². The van der Waals surface area contributed by atoms with E-state index in [1.54, 1.807) is 36.4 Å². The molecule has 0 bridgehead atoms. The van der Waals surface area contributed by atoms with Crippen LogP contribution >= 0.6 is 11.6 Å². The number of anilines is 1. The van der Waals surface area contributed by atoms with Crippen molar-refractivity contribution in [2.45, 2.75) is 37.3 Å². The third-order valence-electron chi connectivity index (χ3n) is 4.25. The lowest BCUT2D eigenvalue weighted by Crippen LogP contribution is -2.13. The van der Waals surface area contributed by atoms with Gasteiger partial charge in [0.25, 0.3) is 0 Å². The summed E-state index contributed by atoms with van der Waals surface area (Å²) in [6.07, 6.45) is 0.307. The summed E-state index contributed by atoms with van der Waals surface area (Å²) in [7, 11) is -3.57. The quantitative estimate of drug-likeness (QED) is 0.606. The van der Waals surface area contributed by atoms with Crippen LogP contribution in [0.2, 0.25) is 5.02 Å². The van der Waals surface area contributed by atoms with E-state index in [-0.39, 0.29) is 41.1 Å². The molecule has 0 radical (unpaired) electrons. The number of aryl methyl sites for hydroxylation is 3. The van der Waals surface area contributed by atoms with Crippen LogP contribution in [0.1, 0.15) is 29.3 Å². The van der Waals surface area contributed by atoms with Gasteiger partial charge in [0.1, 0.15) is 5.75 Å². The third-order valence-corrected chi connectivity index (χ3v) is 6.11. The Kier molecular flexibility index (Phi) is 6.34. The molecule has 0 unspecified atom stereocenters. The summed E-state index contributed by atoms with van der Waals surface area (Å²) in [6, 6.07) is 11.8. The standard InChI is InChI=1S/C20H20ClN3O4S/c1-13-3-7-16(8-4-13)29(26,27)12-18-23-20(28-24-18)10-9-19(25)22-17-11-15(21)6-5-14(17)2/h3-8,11H,9-10,12H2,1-2H3,(H,22,25). The number of amides is 1. The molecule has 0 atom stereocenters. The smallest absolute Gasteiger partial charge is 0.227 e. The topological polar surface area (TPSA) is 102 Å². The van der Waals surface area contributed by atoms with Crippen molar-refractivity contribution in [1.82, 2.24) is 10.1 Å². The van der Waals surface area contributed by atoms with E-state index in [1.165, 1.54) is 0 Å². The number of benzene rings is 2. The average molecular weight is 434 g/mol. The van der Waals surface area contributed by atoms with Crippen molar-refractivity contribution in [2.75, 3.05) is 5.32 Å². The van der Waals surface area contributed by atoms with Gasteiger partial charge in [0.15, 0.2) is 15.7 Å². The number of nitrogens with zero attached hydrogens (tertiary/aromatic N) is 2. The van der Waals surface area contributed by atoms with Crippen LogP contribution in [0.25, 0.3) is 0 Å². The van der Waals surface area contributed by atoms with Crippen LogP contribution in [0.4, 0.5) is 5.69 Å². The van der Waals surface area contributed by atoms with Crippen molar-refractivity contribution in [2.24, 2.45) is 0 Å². The van der Waals surface area contributed by atoms with Crippen molar-refractivity contribution in [3.8, 4) is 0 Å². The molecule has 0 aliphatic carbocycles. The highest BCUT2D eigenvalue weighted by Gasteiger charge is 2.19. The molecule has 3 rings (SSSR count). The second kappa shape index (κ2) is 8.75. The highest BCUT2D eigenvalue weighted by Crippen LogP contribution is 2.20. The molecule has 2 aromatic carbocycles. The summed E-state index contributed by atoms with van der Waals surface area (Å²) in [5.41, 5.74) is 2.50. The fourth-order valence-corrected chi connectivity index (χ4v) is 3.96. The minimum Gasteiger partial charge on any atom is -0.339 e. The fraction of sp³-hybridized carbons (Fsp3) is 0.250. The molecule has 0 fully saturated rings. The Labute approximate surface area is 174 Å². The largest absolute Gasteiger partial charge is 0.339 e. The summed E-state index contributed by atoms with van der Waals surface area (Å²) in [4.78, 5) is 16.4. The highest BCUT2D eigenvalue weighted by atomic mass is 35.5. The predicted octanol–water partition coefficient (Wildman–Crippen LogP) is 3.89. The van der Waals surface area contributed by atoms with Gasteiger partial charge in [-0.25, -0.2) is 8.42 Å². The van der Waals surface area contributed by atoms with E-state index in [9.17, 15) is 13.2 Å². The van der Waals surface area contributed by atoms with Gasteiger partial charge in [-0.05, 0) is 43.7 Å². The molecule has 9 heteroatoms. The molecule has 1 aromatic heterocycles. The van der Waals surface area contributed by atoms with E-state index in [2.05, 4.69) is 15.5 Å². The van der Waals surface area contributed by atoms with Crippen LogP contribution in [-0.4, -0.2) is 24.5 Å². The van der Waals surface area contributed by atoms with Gasteiger partial charge in [0.2, 0.25) is 11.8 Å². The maximum atomic E-state index is 12.5. The molecule has 29 heavy (non-hydrogen) atoms. The monoisotopic (exact) mass is 433 g/mol. The SMILES string of the molecule is Cc1ccc(S(=O)(=O)Cc2noc(CCC(=O)Nc3cc(Cl)ccc3C)n2)cc1. The van der Waals surface area contributed by atoms with E-state index in [1.807, 2.05) is 19.9 Å². The van der Waals surface area contributed by atoms with Gasteiger partial charge in [-0.1, -0.05) is 40.5 Å². The predicted molar refractivity (Wildman–Crippen MR) is 110 cm³/mol. The van der Waals surface area contributed by atoms with Crippen LogP contribution in [0.15, 0.2) is 51.9 Å². The first-order valence-electron chi connectivity index (χ1n) is 8.90. The van der Waals surface area contributed by atoms with Gasteiger partial charge in [-0.3, -0.25) is 4.79 Å². The normalized spacial score (nSPS) is 11.4. The number of carbonyl (C=O) groups is 1. The zero-order valence-electron chi connectivity index (χ0n) is 16.0. The van der Waals surface area contributed by atoms with Crippen molar-refractivity contribution in [3.63, 3.8) is 0 Å². The number of rotatable bonds is 7. The van der Waals surface area contributed by atoms with E-state index >= 15 is 0 Å². The van der Waals surface area contributed by atoms with Gasteiger partial charge in [-0.15, -0.1) is 0 Å². The zero-order chi connectivity index (χ0) is 21.0. The Morgan fingerprint density at radius 3 is 2.59 bits per heavy atom. The maximum Gasteiger partial charge on any atom is 0.227 e. The van der Waals surface area contributed by atoms with Crippen molar-refractivity contribution < 1.29 is 17.7 Å². The molecule has 1 N–H and O–H groups in total. The second-order valence-corrected chi connectivity index (χ2v) is 9.11. The lowest BCUT2D eigenvalue weighted by atomic mass is 10.2. The second-order valence-electron chi connectivity index (χ2n) is 6.68. The van der Waals surface area contributed by atoms with Crippen molar-refractivity contribution >= 4 is 33.0 Å². The van der Waals surface area contributed by atoms with Crippen LogP contribution in [0.5, 0.6) is 0 Å². The van der Waals surface area contributed by atoms with E-state index in [0.29, 0.717) is 10.7 Å². The Hall–Kier alpha value is -2.71. The summed E-state index contributed by atoms with van der Waals surface area (Å²) in [6.45, 7) is 3.75. The zero-order valence-corrected chi connectivity index (χ0v) is 17.5. The highest BCUT2D eigenvalue weighted by molar-refractivity contribution is 7.90. The molecule has 152 valence electrons. The van der Waals surface area contributed by atoms with Crippen LogP contribution in [-0.2, 0) is 26.8 Å². The first-order valence-corrected chi connectivity index (χ1v) is 10.9. The molecule has 0 aliphatic rings. The van der Waals surface area contributed by atoms with E-state index in [4.69, 9.17) is 16.1 Å². The summed E-state index contributed by atoms with van der Waals surface area (Å²) in [5.74, 6) is -0.334. The molecule has 3 aromatic rings. The Morgan fingerprint density at radius 1 is 1.14 bits per heavy atom. The minimum atomic E-state index is -3.57. The molecule has 0 spiro atoms. The van der Waals surface area contributed by atoms with E-state index < -0.39 is 9.84 Å². The molecule has 0 saturated heterocycles. The molecular weight excluding hydrogens is 414 g/mol. The van der Waals surface area contributed by atoms with Gasteiger partial charge in [-0.2, -0.15) is 4.98 Å². The number of hydrogen-bond donors (Lipinski definition) is 1. The van der Waals surface area contributed by atoms with Gasteiger partial charge >= 0.3 is 0 Å². The number of nitrogens with one attached hydrogen (secondary N) is 1. The van der Waals surface area contributed by atoms with Gasteiger partial charge < -0.3 is 9.84 Å². The van der Waals surface area contributed by atoms with Gasteiger partial charge in [0.05, 0.1) is 4.90 Å². The summed E-state index contributed by atoms with van der Waals surface area (Å²) in [5, 5.41) is 7.03. The van der Waals surface area contributed by atoms with Crippen LogP contribution in [0, 0.1) is 13.8 Å². The molecule has 1 amide bonds. The molecule has 0 saturated carbocycles. The Balaban J connectivity index is 1.58. The summed E-state index contributed by atoms with van der Waals surface area (Å²) >= 11 is 5.95. The number of sulfone groups is 1. The lowest BCUT2D eigenvalue weighted by molar-refractivity contribution is -0.116. The molecule has 1 heterocycles. The maximum absolute atomic E-state index is 12.5. The molecular formula is C20H20ClN3O4S. The molecule has 7 nitrogen and oxygen atoms in total. The van der Waals surface area contributed by atoms with Gasteiger partial charge in [0, 0.05) is 23.6 Å².